The van der Waals surface area contributed by atoms with Crippen molar-refractivity contribution in [3.8, 4) is 0 Å². The van der Waals surface area contributed by atoms with Gasteiger partial charge in [0.2, 0.25) is 0 Å². The molecule has 2 atom stereocenters. The van der Waals surface area contributed by atoms with Gasteiger partial charge in [0.15, 0.2) is 0 Å². The number of carbonyl (C=O) groups excluding carboxylic acids is 1. The van der Waals surface area contributed by atoms with Crippen molar-refractivity contribution in [2.75, 3.05) is 20.2 Å². The lowest BCUT2D eigenvalue weighted by atomic mass is 9.99. The van der Waals surface area contributed by atoms with Crippen LogP contribution in [0, 0.1) is 0 Å². The Morgan fingerprint density at radius 2 is 2.38 bits per heavy atom. The van der Waals surface area contributed by atoms with E-state index in [-0.39, 0.29) is 18.1 Å². The molecule has 2 aliphatic rings. The number of hydrogen-bond acceptors (Lipinski definition) is 5. The molecule has 0 aliphatic carbocycles. The molecule has 1 aromatic heterocycles. The molecule has 24 heavy (non-hydrogen) atoms. The van der Waals surface area contributed by atoms with Crippen LogP contribution in [0.2, 0.25) is 0 Å². The minimum atomic E-state index is 0.0381. The first-order chi connectivity index (χ1) is 11.8. The van der Waals surface area contributed by atoms with Crippen molar-refractivity contribution < 1.29 is 14.3 Å². The molecule has 4 rings (SSSR count). The van der Waals surface area contributed by atoms with Crippen LogP contribution in [-0.4, -0.2) is 52.1 Å². The third-order valence-corrected chi connectivity index (χ3v) is 4.70. The normalized spacial score (nSPS) is 22.8. The van der Waals surface area contributed by atoms with Gasteiger partial charge in [0.1, 0.15) is 0 Å². The number of benzene rings is 1. The van der Waals surface area contributed by atoms with Gasteiger partial charge in [-0.1, -0.05) is 17.3 Å². The van der Waals surface area contributed by atoms with Crippen LogP contribution in [0.3, 0.4) is 0 Å². The van der Waals surface area contributed by atoms with E-state index in [2.05, 4.69) is 10.3 Å². The van der Waals surface area contributed by atoms with Gasteiger partial charge in [0, 0.05) is 25.8 Å². The summed E-state index contributed by atoms with van der Waals surface area (Å²) in [5.41, 5.74) is 2.66. The van der Waals surface area contributed by atoms with Crippen LogP contribution < -0.4 is 0 Å². The Morgan fingerprint density at radius 1 is 1.46 bits per heavy atom. The van der Waals surface area contributed by atoms with E-state index in [1.807, 2.05) is 33.8 Å². The van der Waals surface area contributed by atoms with Crippen LogP contribution in [0.5, 0.6) is 0 Å². The van der Waals surface area contributed by atoms with E-state index in [1.54, 1.807) is 13.3 Å². The van der Waals surface area contributed by atoms with Crippen molar-refractivity contribution in [2.45, 2.75) is 31.8 Å². The molecule has 2 aromatic rings. The maximum absolute atomic E-state index is 12.9. The Morgan fingerprint density at radius 3 is 3.25 bits per heavy atom. The molecule has 1 amide bonds. The monoisotopic (exact) mass is 328 g/mol. The summed E-state index contributed by atoms with van der Waals surface area (Å²) in [7, 11) is 1.65. The number of rotatable bonds is 3. The van der Waals surface area contributed by atoms with E-state index >= 15 is 0 Å². The zero-order valence-corrected chi connectivity index (χ0v) is 13.6. The summed E-state index contributed by atoms with van der Waals surface area (Å²) in [5.74, 6) is 0.0404. The lowest BCUT2D eigenvalue weighted by Gasteiger charge is -2.41. The highest BCUT2D eigenvalue weighted by Gasteiger charge is 2.38. The summed E-state index contributed by atoms with van der Waals surface area (Å²) in [4.78, 5) is 14.8. The Balaban J connectivity index is 1.54. The maximum Gasteiger partial charge on any atom is 0.253 e. The number of ether oxygens (including phenoxy) is 2. The number of piperidine rings is 1. The fourth-order valence-corrected chi connectivity index (χ4v) is 3.51. The minimum absolute atomic E-state index is 0.0381. The topological polar surface area (TPSA) is 69.5 Å². The van der Waals surface area contributed by atoms with Gasteiger partial charge >= 0.3 is 0 Å². The Labute approximate surface area is 140 Å². The maximum atomic E-state index is 12.9. The second-order valence-corrected chi connectivity index (χ2v) is 6.26. The molecule has 1 fully saturated rings. The van der Waals surface area contributed by atoms with Gasteiger partial charge < -0.3 is 14.4 Å². The molecular weight excluding hydrogens is 308 g/mol. The number of amides is 1. The standard InChI is InChI=1S/C17H20N4O3/c1-23-10-12-3-2-4-13(7-12)17(22)20-6-5-16-15(9-20)21-14(11-24-16)8-18-19-21/h2-4,7-8,15-16H,5-6,9-11H2,1H3/t15-,16-/m0/s1. The molecule has 0 bridgehead atoms. The predicted octanol–water partition coefficient (Wildman–Crippen LogP) is 1.41. The van der Waals surface area contributed by atoms with Gasteiger partial charge in [-0.05, 0) is 24.1 Å². The van der Waals surface area contributed by atoms with E-state index < -0.39 is 0 Å². The van der Waals surface area contributed by atoms with Crippen LogP contribution in [0.15, 0.2) is 30.5 Å². The van der Waals surface area contributed by atoms with E-state index in [0.717, 1.165) is 17.7 Å². The van der Waals surface area contributed by atoms with E-state index in [0.29, 0.717) is 31.9 Å². The first kappa shape index (κ1) is 15.3. The summed E-state index contributed by atoms with van der Waals surface area (Å²) in [6.07, 6.45) is 2.64. The first-order valence-electron chi connectivity index (χ1n) is 8.14. The zero-order chi connectivity index (χ0) is 16.5. The second kappa shape index (κ2) is 6.33. The van der Waals surface area contributed by atoms with Crippen molar-refractivity contribution in [3.05, 3.63) is 47.3 Å². The highest BCUT2D eigenvalue weighted by atomic mass is 16.5. The van der Waals surface area contributed by atoms with Crippen molar-refractivity contribution in [1.29, 1.82) is 0 Å². The first-order valence-corrected chi connectivity index (χ1v) is 8.14. The van der Waals surface area contributed by atoms with Crippen molar-refractivity contribution in [1.82, 2.24) is 19.9 Å². The van der Waals surface area contributed by atoms with E-state index in [4.69, 9.17) is 9.47 Å². The summed E-state index contributed by atoms with van der Waals surface area (Å²) in [5, 5.41) is 8.15. The number of methoxy groups -OCH3 is 1. The van der Waals surface area contributed by atoms with E-state index in [1.165, 1.54) is 0 Å². The fraction of sp³-hybridized carbons (Fsp3) is 0.471. The summed E-state index contributed by atoms with van der Waals surface area (Å²) < 4.78 is 13.0. The van der Waals surface area contributed by atoms with Crippen LogP contribution in [0.25, 0.3) is 0 Å². The number of hydrogen-bond donors (Lipinski definition) is 0. The zero-order valence-electron chi connectivity index (χ0n) is 13.6. The quantitative estimate of drug-likeness (QED) is 0.852. The molecule has 0 spiro atoms. The lowest BCUT2D eigenvalue weighted by Crippen LogP contribution is -2.49. The second-order valence-electron chi connectivity index (χ2n) is 6.26. The van der Waals surface area contributed by atoms with Crippen LogP contribution in [0.4, 0.5) is 0 Å². The highest BCUT2D eigenvalue weighted by Crippen LogP contribution is 2.30. The predicted molar refractivity (Wildman–Crippen MR) is 85.3 cm³/mol. The molecule has 7 nitrogen and oxygen atoms in total. The summed E-state index contributed by atoms with van der Waals surface area (Å²) in [6, 6.07) is 7.65. The van der Waals surface area contributed by atoms with Gasteiger partial charge in [-0.15, -0.1) is 5.10 Å². The molecule has 0 radical (unpaired) electrons. The highest BCUT2D eigenvalue weighted by molar-refractivity contribution is 5.94. The third kappa shape index (κ3) is 2.70. The van der Waals surface area contributed by atoms with Crippen LogP contribution in [0.1, 0.15) is 34.1 Å². The smallest absolute Gasteiger partial charge is 0.253 e. The molecule has 3 heterocycles. The van der Waals surface area contributed by atoms with Gasteiger partial charge in [-0.25, -0.2) is 4.68 Å². The SMILES string of the molecule is COCc1cccc(C(=O)N2CC[C@@H]3OCc4cnnn4[C@H]3C2)c1. The number of nitrogens with zero attached hydrogens (tertiary/aromatic N) is 4. The Bertz CT molecular complexity index is 745. The lowest BCUT2D eigenvalue weighted by molar-refractivity contribution is -0.0605. The van der Waals surface area contributed by atoms with Crippen molar-refractivity contribution in [2.24, 2.45) is 0 Å². The molecule has 0 unspecified atom stereocenters. The van der Waals surface area contributed by atoms with Gasteiger partial charge in [-0.3, -0.25) is 4.79 Å². The minimum Gasteiger partial charge on any atom is -0.380 e. The largest absolute Gasteiger partial charge is 0.380 e. The number of likely N-dealkylation sites (tertiary alicyclic amines) is 1. The van der Waals surface area contributed by atoms with E-state index in [9.17, 15) is 4.79 Å². The number of fused-ring (bicyclic) bond motifs is 3. The average molecular weight is 328 g/mol. The average Bonchev–Trinajstić information content (AvgIpc) is 3.10. The molecule has 1 aromatic carbocycles. The molecule has 0 N–H and O–H groups in total. The van der Waals surface area contributed by atoms with Crippen LogP contribution in [-0.2, 0) is 22.7 Å². The van der Waals surface area contributed by atoms with Gasteiger partial charge in [0.05, 0.1) is 37.3 Å². The van der Waals surface area contributed by atoms with Crippen molar-refractivity contribution in [3.63, 3.8) is 0 Å². The third-order valence-electron chi connectivity index (χ3n) is 4.70. The summed E-state index contributed by atoms with van der Waals surface area (Å²) in [6.45, 7) is 2.33. The number of carbonyl (C=O) groups is 1. The Hall–Kier alpha value is -2.25. The van der Waals surface area contributed by atoms with Crippen LogP contribution >= 0.6 is 0 Å². The summed E-state index contributed by atoms with van der Waals surface area (Å²) >= 11 is 0. The molecule has 0 saturated carbocycles. The van der Waals surface area contributed by atoms with Gasteiger partial charge in [-0.2, -0.15) is 0 Å². The molecule has 126 valence electrons. The fourth-order valence-electron chi connectivity index (χ4n) is 3.51. The molecule has 1 saturated heterocycles. The van der Waals surface area contributed by atoms with Crippen molar-refractivity contribution >= 4 is 5.91 Å². The van der Waals surface area contributed by atoms with Gasteiger partial charge in [0.25, 0.3) is 5.91 Å². The molecule has 7 heteroatoms. The Kier molecular flexibility index (Phi) is 4.03. The molecular formula is C17H20N4O3. The molecule has 2 aliphatic heterocycles. The number of aromatic nitrogens is 3.